The van der Waals surface area contributed by atoms with Crippen molar-refractivity contribution in [3.63, 3.8) is 0 Å². The van der Waals surface area contributed by atoms with Gasteiger partial charge in [0.25, 0.3) is 0 Å². The summed E-state index contributed by atoms with van der Waals surface area (Å²) in [4.78, 5) is 14.2. The smallest absolute Gasteiger partial charge is 0.248 e. The number of halogens is 2. The molecule has 0 saturated heterocycles. The summed E-state index contributed by atoms with van der Waals surface area (Å²) in [5.41, 5.74) is 1.05. The van der Waals surface area contributed by atoms with Gasteiger partial charge >= 0.3 is 0 Å². The summed E-state index contributed by atoms with van der Waals surface area (Å²) in [5.74, 6) is -0.999. The molecule has 0 aliphatic heterocycles. The van der Waals surface area contributed by atoms with Gasteiger partial charge in [-0.25, -0.2) is 18.7 Å². The molecule has 27 heavy (non-hydrogen) atoms. The number of alkyl halides is 2. The average Bonchev–Trinajstić information content (AvgIpc) is 3.06. The molecule has 0 spiro atoms. The van der Waals surface area contributed by atoms with E-state index in [1.54, 1.807) is 0 Å². The summed E-state index contributed by atoms with van der Waals surface area (Å²) in [5, 5.41) is 1.17. The molecule has 148 valence electrons. The molecule has 2 aliphatic carbocycles. The average molecular weight is 394 g/mol. The molecular formula is C21H29F2N3S. The lowest BCUT2D eigenvalue weighted by Gasteiger charge is -2.34. The van der Waals surface area contributed by atoms with Crippen LogP contribution in [0.5, 0.6) is 0 Å². The van der Waals surface area contributed by atoms with Crippen molar-refractivity contribution < 1.29 is 8.78 Å². The Morgan fingerprint density at radius 3 is 2.52 bits per heavy atom. The maximum atomic E-state index is 13.5. The van der Waals surface area contributed by atoms with Crippen LogP contribution in [0.2, 0.25) is 0 Å². The SMILES string of the molecule is Cc1nc(CN(C)C2CCC(F)(F)CC2)c2cc(C3CCCCC3)sc2n1. The van der Waals surface area contributed by atoms with Crippen LogP contribution in [0.15, 0.2) is 6.07 Å². The Hall–Kier alpha value is -1.14. The lowest BCUT2D eigenvalue weighted by molar-refractivity contribution is -0.0520. The topological polar surface area (TPSA) is 29.0 Å². The minimum Gasteiger partial charge on any atom is -0.298 e. The summed E-state index contributed by atoms with van der Waals surface area (Å²) < 4.78 is 26.9. The molecule has 0 radical (unpaired) electrons. The molecule has 3 nitrogen and oxygen atoms in total. The van der Waals surface area contributed by atoms with Crippen molar-refractivity contribution in [3.05, 3.63) is 22.5 Å². The first kappa shape index (κ1) is 19.2. The van der Waals surface area contributed by atoms with Crippen molar-refractivity contribution in [1.82, 2.24) is 14.9 Å². The minimum absolute atomic E-state index is 0.00446. The van der Waals surface area contributed by atoms with Gasteiger partial charge in [-0.05, 0) is 51.6 Å². The molecule has 2 fully saturated rings. The van der Waals surface area contributed by atoms with Crippen LogP contribution in [-0.2, 0) is 6.54 Å². The van der Waals surface area contributed by atoms with E-state index in [2.05, 4.69) is 16.0 Å². The fourth-order valence-electron chi connectivity index (χ4n) is 4.66. The highest BCUT2D eigenvalue weighted by atomic mass is 32.1. The summed E-state index contributed by atoms with van der Waals surface area (Å²) in [7, 11) is 2.05. The molecule has 2 saturated carbocycles. The van der Waals surface area contributed by atoms with Crippen LogP contribution in [-0.4, -0.2) is 33.9 Å². The number of hydrogen-bond acceptors (Lipinski definition) is 4. The Kier molecular flexibility index (Phi) is 5.48. The van der Waals surface area contributed by atoms with Gasteiger partial charge in [0.15, 0.2) is 0 Å². The van der Waals surface area contributed by atoms with E-state index in [0.717, 1.165) is 16.3 Å². The zero-order valence-electron chi connectivity index (χ0n) is 16.3. The van der Waals surface area contributed by atoms with Crippen molar-refractivity contribution in [3.8, 4) is 0 Å². The van der Waals surface area contributed by atoms with Crippen LogP contribution in [0.25, 0.3) is 10.2 Å². The summed E-state index contributed by atoms with van der Waals surface area (Å²) in [6, 6.07) is 2.53. The quantitative estimate of drug-likeness (QED) is 0.632. The molecule has 2 aromatic heterocycles. The predicted octanol–water partition coefficient (Wildman–Crippen LogP) is 6.06. The molecule has 6 heteroatoms. The number of aryl methyl sites for hydroxylation is 1. The Balaban J connectivity index is 1.54. The number of nitrogens with zero attached hydrogens (tertiary/aromatic N) is 3. The number of hydrogen-bond donors (Lipinski definition) is 0. The first-order valence-corrected chi connectivity index (χ1v) is 11.1. The van der Waals surface area contributed by atoms with E-state index < -0.39 is 5.92 Å². The lowest BCUT2D eigenvalue weighted by Crippen LogP contribution is -2.38. The highest BCUT2D eigenvalue weighted by Gasteiger charge is 2.36. The van der Waals surface area contributed by atoms with Crippen molar-refractivity contribution in [2.75, 3.05) is 7.05 Å². The van der Waals surface area contributed by atoms with Gasteiger partial charge in [0, 0.05) is 35.7 Å². The van der Waals surface area contributed by atoms with Crippen molar-refractivity contribution in [2.24, 2.45) is 0 Å². The predicted molar refractivity (Wildman–Crippen MR) is 107 cm³/mol. The van der Waals surface area contributed by atoms with Crippen LogP contribution in [0.1, 0.15) is 80.1 Å². The Bertz CT molecular complexity index is 788. The maximum Gasteiger partial charge on any atom is 0.248 e. The lowest BCUT2D eigenvalue weighted by atomic mass is 9.88. The number of rotatable bonds is 4. The van der Waals surface area contributed by atoms with E-state index >= 15 is 0 Å². The van der Waals surface area contributed by atoms with Crippen LogP contribution in [0, 0.1) is 6.92 Å². The summed E-state index contributed by atoms with van der Waals surface area (Å²) in [6.07, 6.45) is 7.71. The van der Waals surface area contributed by atoms with Gasteiger partial charge < -0.3 is 0 Å². The van der Waals surface area contributed by atoms with E-state index in [0.29, 0.717) is 25.3 Å². The maximum absolute atomic E-state index is 13.5. The summed E-state index contributed by atoms with van der Waals surface area (Å²) >= 11 is 1.83. The van der Waals surface area contributed by atoms with Crippen molar-refractivity contribution >= 4 is 21.6 Å². The van der Waals surface area contributed by atoms with Gasteiger partial charge in [-0.3, -0.25) is 4.90 Å². The second kappa shape index (κ2) is 7.70. The van der Waals surface area contributed by atoms with Crippen LogP contribution < -0.4 is 0 Å². The van der Waals surface area contributed by atoms with Gasteiger partial charge in [-0.1, -0.05) is 19.3 Å². The Morgan fingerprint density at radius 1 is 1.11 bits per heavy atom. The third-order valence-corrected chi connectivity index (χ3v) is 7.51. The third-order valence-electron chi connectivity index (χ3n) is 6.32. The molecule has 0 bridgehead atoms. The van der Waals surface area contributed by atoms with Crippen LogP contribution in [0.4, 0.5) is 8.78 Å². The monoisotopic (exact) mass is 393 g/mol. The normalized spacial score (nSPS) is 22.0. The van der Waals surface area contributed by atoms with Gasteiger partial charge in [-0.2, -0.15) is 0 Å². The molecule has 2 aromatic rings. The van der Waals surface area contributed by atoms with E-state index in [4.69, 9.17) is 4.98 Å². The second-order valence-corrected chi connectivity index (χ2v) is 9.48. The van der Waals surface area contributed by atoms with E-state index in [-0.39, 0.29) is 18.9 Å². The van der Waals surface area contributed by atoms with Crippen molar-refractivity contribution in [2.45, 2.75) is 89.1 Å². The van der Waals surface area contributed by atoms with Crippen LogP contribution in [0.3, 0.4) is 0 Å². The molecule has 4 rings (SSSR count). The van der Waals surface area contributed by atoms with Gasteiger partial charge in [0.1, 0.15) is 10.7 Å². The minimum atomic E-state index is -2.47. The molecule has 0 unspecified atom stereocenters. The zero-order chi connectivity index (χ0) is 19.0. The fourth-order valence-corrected chi connectivity index (χ4v) is 5.92. The van der Waals surface area contributed by atoms with E-state index in [1.807, 2.05) is 25.3 Å². The first-order chi connectivity index (χ1) is 12.9. The number of thiophene rings is 1. The third kappa shape index (κ3) is 4.32. The van der Waals surface area contributed by atoms with Gasteiger partial charge in [0.2, 0.25) is 5.92 Å². The van der Waals surface area contributed by atoms with Gasteiger partial charge in [-0.15, -0.1) is 11.3 Å². The highest BCUT2D eigenvalue weighted by molar-refractivity contribution is 7.18. The molecular weight excluding hydrogens is 364 g/mol. The standard InChI is InChI=1S/C21H29F2N3S/c1-14-24-18(13-26(2)16-8-10-21(22,23)11-9-16)17-12-19(27-20(17)25-14)15-6-4-3-5-7-15/h12,15-16H,3-11,13H2,1-2H3. The largest absolute Gasteiger partial charge is 0.298 e. The fraction of sp³-hybridized carbons (Fsp3) is 0.714. The summed E-state index contributed by atoms with van der Waals surface area (Å²) in [6.45, 7) is 2.65. The van der Waals surface area contributed by atoms with Crippen LogP contribution >= 0.6 is 11.3 Å². The molecule has 0 atom stereocenters. The van der Waals surface area contributed by atoms with Gasteiger partial charge in [0.05, 0.1) is 5.69 Å². The van der Waals surface area contributed by atoms with E-state index in [9.17, 15) is 8.78 Å². The number of aromatic nitrogens is 2. The van der Waals surface area contributed by atoms with E-state index in [1.165, 1.54) is 42.4 Å². The molecule has 0 amide bonds. The van der Waals surface area contributed by atoms with Crippen molar-refractivity contribution in [1.29, 1.82) is 0 Å². The highest BCUT2D eigenvalue weighted by Crippen LogP contribution is 2.39. The Labute approximate surface area is 164 Å². The molecule has 2 heterocycles. The molecule has 2 aliphatic rings. The Morgan fingerprint density at radius 2 is 1.81 bits per heavy atom. The molecule has 0 N–H and O–H groups in total. The zero-order valence-corrected chi connectivity index (χ0v) is 17.1. The number of fused-ring (bicyclic) bond motifs is 1. The first-order valence-electron chi connectivity index (χ1n) is 10.3. The second-order valence-electron chi connectivity index (χ2n) is 8.42. The molecule has 0 aromatic carbocycles.